The van der Waals surface area contributed by atoms with E-state index in [0.29, 0.717) is 17.5 Å². The SMILES string of the molecule is COc1ccc(-c2nc(SC(C)C(=O)N(CCC#N)c3ccccc3)n[nH]2)cc1. The summed E-state index contributed by atoms with van der Waals surface area (Å²) in [6.45, 7) is 2.16. The van der Waals surface area contributed by atoms with Crippen LogP contribution < -0.4 is 9.64 Å². The van der Waals surface area contributed by atoms with Crippen molar-refractivity contribution in [2.45, 2.75) is 23.8 Å². The van der Waals surface area contributed by atoms with Gasteiger partial charge in [-0.3, -0.25) is 9.89 Å². The van der Waals surface area contributed by atoms with E-state index in [2.05, 4.69) is 21.3 Å². The minimum absolute atomic E-state index is 0.0905. The Hall–Kier alpha value is -3.31. The van der Waals surface area contributed by atoms with Gasteiger partial charge in [-0.2, -0.15) is 5.26 Å². The Bertz CT molecular complexity index is 982. The lowest BCUT2D eigenvalue weighted by Crippen LogP contribution is -2.37. The van der Waals surface area contributed by atoms with Crippen LogP contribution in [0.2, 0.25) is 0 Å². The highest BCUT2D eigenvalue weighted by atomic mass is 32.2. The third kappa shape index (κ3) is 5.15. The monoisotopic (exact) mass is 407 g/mol. The van der Waals surface area contributed by atoms with Gasteiger partial charge in [0.15, 0.2) is 5.82 Å². The number of anilines is 1. The van der Waals surface area contributed by atoms with E-state index in [1.54, 1.807) is 12.0 Å². The Morgan fingerprint density at radius 3 is 2.62 bits per heavy atom. The first-order valence-corrected chi connectivity index (χ1v) is 9.97. The summed E-state index contributed by atoms with van der Waals surface area (Å²) in [6.07, 6.45) is 0.264. The molecule has 0 saturated carbocycles. The van der Waals surface area contributed by atoms with Gasteiger partial charge in [-0.1, -0.05) is 30.0 Å². The van der Waals surface area contributed by atoms with E-state index in [1.165, 1.54) is 11.8 Å². The van der Waals surface area contributed by atoms with Crippen LogP contribution in [0.4, 0.5) is 5.69 Å². The summed E-state index contributed by atoms with van der Waals surface area (Å²) in [5, 5.41) is 16.2. The Kier molecular flexibility index (Phi) is 6.87. The smallest absolute Gasteiger partial charge is 0.240 e. The Balaban J connectivity index is 1.71. The number of carbonyl (C=O) groups is 1. The molecule has 8 heteroatoms. The Morgan fingerprint density at radius 2 is 1.97 bits per heavy atom. The van der Waals surface area contributed by atoms with Crippen molar-refractivity contribution in [3.05, 3.63) is 54.6 Å². The molecule has 1 N–H and O–H groups in total. The van der Waals surface area contributed by atoms with Gasteiger partial charge in [0.05, 0.1) is 24.8 Å². The van der Waals surface area contributed by atoms with E-state index < -0.39 is 5.25 Å². The second-order valence-electron chi connectivity index (χ2n) is 6.19. The fourth-order valence-electron chi connectivity index (χ4n) is 2.74. The van der Waals surface area contributed by atoms with Gasteiger partial charge in [0.2, 0.25) is 11.1 Å². The zero-order valence-corrected chi connectivity index (χ0v) is 17.0. The summed E-state index contributed by atoms with van der Waals surface area (Å²) >= 11 is 1.28. The molecule has 1 unspecified atom stereocenters. The number of hydrogen-bond donors (Lipinski definition) is 1. The second-order valence-corrected chi connectivity index (χ2v) is 7.50. The molecule has 0 aliphatic rings. The van der Waals surface area contributed by atoms with Crippen LogP contribution in [-0.2, 0) is 4.79 Å². The molecule has 0 saturated heterocycles. The molecule has 148 valence electrons. The topological polar surface area (TPSA) is 94.9 Å². The Labute approximate surface area is 173 Å². The highest BCUT2D eigenvalue weighted by Gasteiger charge is 2.24. The number of para-hydroxylation sites is 1. The molecule has 0 radical (unpaired) electrons. The molecule has 1 amide bonds. The molecule has 0 fully saturated rings. The lowest BCUT2D eigenvalue weighted by molar-refractivity contribution is -0.117. The van der Waals surface area contributed by atoms with Crippen LogP contribution in [0.15, 0.2) is 59.8 Å². The van der Waals surface area contributed by atoms with E-state index >= 15 is 0 Å². The summed E-state index contributed by atoms with van der Waals surface area (Å²) in [6, 6.07) is 18.9. The first kappa shape index (κ1) is 20.4. The highest BCUT2D eigenvalue weighted by molar-refractivity contribution is 8.00. The molecule has 2 aromatic carbocycles. The van der Waals surface area contributed by atoms with E-state index in [1.807, 2.05) is 61.5 Å². The van der Waals surface area contributed by atoms with Crippen molar-refractivity contribution in [3.8, 4) is 23.2 Å². The first-order chi connectivity index (χ1) is 14.1. The number of carbonyl (C=O) groups excluding carboxylic acids is 1. The number of rotatable bonds is 8. The van der Waals surface area contributed by atoms with Gasteiger partial charge in [-0.25, -0.2) is 4.98 Å². The second kappa shape index (κ2) is 9.75. The summed E-state index contributed by atoms with van der Waals surface area (Å²) in [5.41, 5.74) is 1.65. The Morgan fingerprint density at radius 1 is 1.24 bits per heavy atom. The van der Waals surface area contributed by atoms with Gasteiger partial charge < -0.3 is 9.64 Å². The minimum atomic E-state index is -0.409. The molecule has 0 aliphatic carbocycles. The minimum Gasteiger partial charge on any atom is -0.497 e. The lowest BCUT2D eigenvalue weighted by Gasteiger charge is -2.24. The van der Waals surface area contributed by atoms with Gasteiger partial charge in [0.1, 0.15) is 5.75 Å². The number of ether oxygens (including phenoxy) is 1. The van der Waals surface area contributed by atoms with Gasteiger partial charge in [0.25, 0.3) is 0 Å². The number of methoxy groups -OCH3 is 1. The van der Waals surface area contributed by atoms with Gasteiger partial charge >= 0.3 is 0 Å². The normalized spacial score (nSPS) is 11.5. The number of aromatic nitrogens is 3. The maximum Gasteiger partial charge on any atom is 0.240 e. The maximum atomic E-state index is 13.0. The molecule has 0 bridgehead atoms. The number of nitriles is 1. The number of thioether (sulfide) groups is 1. The van der Waals surface area contributed by atoms with Crippen molar-refractivity contribution >= 4 is 23.4 Å². The van der Waals surface area contributed by atoms with Crippen molar-refractivity contribution in [1.82, 2.24) is 15.2 Å². The average molecular weight is 407 g/mol. The quantitative estimate of drug-likeness (QED) is 0.569. The van der Waals surface area contributed by atoms with E-state index in [4.69, 9.17) is 10.00 Å². The van der Waals surface area contributed by atoms with Gasteiger partial charge in [-0.15, -0.1) is 5.10 Å². The molecule has 1 heterocycles. The number of nitrogens with one attached hydrogen (secondary N) is 1. The van der Waals surface area contributed by atoms with Crippen LogP contribution in [0.3, 0.4) is 0 Å². The summed E-state index contributed by atoms with van der Waals surface area (Å²) in [4.78, 5) is 19.1. The molecule has 3 rings (SSSR count). The van der Waals surface area contributed by atoms with Gasteiger partial charge in [0, 0.05) is 17.8 Å². The number of amides is 1. The number of hydrogen-bond acceptors (Lipinski definition) is 6. The van der Waals surface area contributed by atoms with Crippen LogP contribution in [0.25, 0.3) is 11.4 Å². The predicted molar refractivity (Wildman–Crippen MR) is 113 cm³/mol. The van der Waals surface area contributed by atoms with Crippen LogP contribution in [0.1, 0.15) is 13.3 Å². The average Bonchev–Trinajstić information content (AvgIpc) is 3.23. The van der Waals surface area contributed by atoms with Crippen molar-refractivity contribution < 1.29 is 9.53 Å². The van der Waals surface area contributed by atoms with Crippen LogP contribution in [-0.4, -0.2) is 40.0 Å². The number of benzene rings is 2. The highest BCUT2D eigenvalue weighted by Crippen LogP contribution is 2.26. The van der Waals surface area contributed by atoms with Crippen LogP contribution >= 0.6 is 11.8 Å². The maximum absolute atomic E-state index is 13.0. The largest absolute Gasteiger partial charge is 0.497 e. The fourth-order valence-corrected chi connectivity index (χ4v) is 3.53. The molecule has 7 nitrogen and oxygen atoms in total. The van der Waals surface area contributed by atoms with Crippen molar-refractivity contribution in [2.24, 2.45) is 0 Å². The number of H-pyrrole nitrogens is 1. The number of aromatic amines is 1. The van der Waals surface area contributed by atoms with E-state index in [-0.39, 0.29) is 12.3 Å². The van der Waals surface area contributed by atoms with Crippen molar-refractivity contribution in [1.29, 1.82) is 5.26 Å². The van der Waals surface area contributed by atoms with E-state index in [0.717, 1.165) is 17.0 Å². The standard InChI is InChI=1S/C21H21N5O2S/c1-15(20(27)26(14-6-13-22)17-7-4-3-5-8-17)29-21-23-19(24-25-21)16-9-11-18(28-2)12-10-16/h3-5,7-12,15H,6,14H2,1-2H3,(H,23,24,25). The zero-order chi connectivity index (χ0) is 20.6. The predicted octanol–water partition coefficient (Wildman–Crippen LogP) is 3.91. The van der Waals surface area contributed by atoms with Crippen molar-refractivity contribution in [3.63, 3.8) is 0 Å². The third-order valence-electron chi connectivity index (χ3n) is 4.24. The molecule has 3 aromatic rings. The number of nitrogens with zero attached hydrogens (tertiary/aromatic N) is 4. The summed E-state index contributed by atoms with van der Waals surface area (Å²) < 4.78 is 5.16. The molecule has 29 heavy (non-hydrogen) atoms. The lowest BCUT2D eigenvalue weighted by atomic mass is 10.2. The summed E-state index contributed by atoms with van der Waals surface area (Å²) in [5.74, 6) is 1.30. The molecule has 0 spiro atoms. The zero-order valence-electron chi connectivity index (χ0n) is 16.2. The molecular weight excluding hydrogens is 386 g/mol. The molecule has 0 aliphatic heterocycles. The summed E-state index contributed by atoms with van der Waals surface area (Å²) in [7, 11) is 1.62. The van der Waals surface area contributed by atoms with E-state index in [9.17, 15) is 4.79 Å². The third-order valence-corrected chi connectivity index (χ3v) is 5.19. The fraction of sp³-hybridized carbons (Fsp3) is 0.238. The van der Waals surface area contributed by atoms with Gasteiger partial charge in [-0.05, 0) is 43.3 Å². The molecule has 1 aromatic heterocycles. The van der Waals surface area contributed by atoms with Crippen LogP contribution in [0.5, 0.6) is 5.75 Å². The molecule has 1 atom stereocenters. The van der Waals surface area contributed by atoms with Crippen LogP contribution in [0, 0.1) is 11.3 Å². The molecular formula is C21H21N5O2S. The van der Waals surface area contributed by atoms with Crippen molar-refractivity contribution in [2.75, 3.05) is 18.6 Å². The first-order valence-electron chi connectivity index (χ1n) is 9.09.